The maximum atomic E-state index is 6.00. The number of hydrogen-bond acceptors (Lipinski definition) is 5. The summed E-state index contributed by atoms with van der Waals surface area (Å²) in [4.78, 5) is 4.01. The zero-order valence-corrected chi connectivity index (χ0v) is 8.46. The van der Waals surface area contributed by atoms with Gasteiger partial charge in [0.1, 0.15) is 18.2 Å². The van der Waals surface area contributed by atoms with E-state index in [9.17, 15) is 0 Å². The molecule has 0 amide bonds. The van der Waals surface area contributed by atoms with Gasteiger partial charge in [-0.15, -0.1) is 5.10 Å². The van der Waals surface area contributed by atoms with Gasteiger partial charge in [0, 0.05) is 6.54 Å². The molecule has 0 fully saturated rings. The predicted molar refractivity (Wildman–Crippen MR) is 52.7 cm³/mol. The van der Waals surface area contributed by atoms with Crippen molar-refractivity contribution in [3.05, 3.63) is 24.0 Å². The van der Waals surface area contributed by atoms with Gasteiger partial charge in [0.15, 0.2) is 0 Å². The minimum absolute atomic E-state index is 0.353. The number of nitrogens with two attached hydrogens (primary N) is 1. The third-order valence-corrected chi connectivity index (χ3v) is 2.13. The van der Waals surface area contributed by atoms with Gasteiger partial charge in [-0.25, -0.2) is 9.67 Å². The maximum Gasteiger partial charge on any atom is 0.147 e. The highest BCUT2D eigenvalue weighted by atomic mass is 15.4. The first-order valence-electron chi connectivity index (χ1n) is 4.82. The third-order valence-electron chi connectivity index (χ3n) is 2.13. The smallest absolute Gasteiger partial charge is 0.147 e. The summed E-state index contributed by atoms with van der Waals surface area (Å²) < 4.78 is 1.78. The van der Waals surface area contributed by atoms with E-state index in [-0.39, 0.29) is 6.04 Å². The normalized spacial score (nSPS) is 12.9. The zero-order chi connectivity index (χ0) is 10.7. The number of rotatable bonds is 4. The van der Waals surface area contributed by atoms with E-state index in [0.717, 1.165) is 18.7 Å². The standard InChI is InChI=1S/C8H13N7/c1-2-3-15-6(4-11-14-15)7(9)8-10-5-12-13-8/h4-5,7H,2-3,9H2,1H3,(H,10,12,13). The van der Waals surface area contributed by atoms with Crippen LogP contribution in [0, 0.1) is 0 Å². The van der Waals surface area contributed by atoms with Crippen molar-refractivity contribution in [2.75, 3.05) is 0 Å². The first kappa shape index (κ1) is 9.78. The Hall–Kier alpha value is -1.76. The van der Waals surface area contributed by atoms with E-state index in [0.29, 0.717) is 5.82 Å². The topological polar surface area (TPSA) is 98.3 Å². The van der Waals surface area contributed by atoms with Gasteiger partial charge in [-0.3, -0.25) is 5.10 Å². The number of aromatic amines is 1. The molecule has 1 atom stereocenters. The lowest BCUT2D eigenvalue weighted by atomic mass is 10.2. The summed E-state index contributed by atoms with van der Waals surface area (Å²) in [7, 11) is 0. The molecule has 7 nitrogen and oxygen atoms in total. The molecule has 0 spiro atoms. The number of H-pyrrole nitrogens is 1. The van der Waals surface area contributed by atoms with Gasteiger partial charge in [0.25, 0.3) is 0 Å². The van der Waals surface area contributed by atoms with Gasteiger partial charge in [0.05, 0.1) is 11.9 Å². The molecule has 0 aliphatic rings. The van der Waals surface area contributed by atoms with Gasteiger partial charge in [0.2, 0.25) is 0 Å². The Kier molecular flexibility index (Phi) is 2.72. The molecule has 0 radical (unpaired) electrons. The van der Waals surface area contributed by atoms with Crippen LogP contribution in [0.4, 0.5) is 0 Å². The van der Waals surface area contributed by atoms with Gasteiger partial charge in [-0.05, 0) is 6.42 Å². The molecule has 0 aliphatic heterocycles. The van der Waals surface area contributed by atoms with Crippen LogP contribution < -0.4 is 5.73 Å². The lowest BCUT2D eigenvalue weighted by molar-refractivity contribution is 0.538. The van der Waals surface area contributed by atoms with Crippen LogP contribution in [0.25, 0.3) is 0 Å². The minimum atomic E-state index is -0.353. The molecule has 0 saturated heterocycles. The van der Waals surface area contributed by atoms with E-state index in [1.807, 2.05) is 0 Å². The van der Waals surface area contributed by atoms with Crippen molar-refractivity contribution in [3.63, 3.8) is 0 Å². The Bertz CT molecular complexity index is 404. The van der Waals surface area contributed by atoms with Crippen molar-refractivity contribution in [1.29, 1.82) is 0 Å². The lowest BCUT2D eigenvalue weighted by Crippen LogP contribution is -2.18. The SMILES string of the molecule is CCCn1nncc1C(N)c1ncn[nH]1. The van der Waals surface area contributed by atoms with Crippen LogP contribution in [0.3, 0.4) is 0 Å². The number of hydrogen-bond donors (Lipinski definition) is 2. The van der Waals surface area contributed by atoms with Crippen LogP contribution in [-0.2, 0) is 6.54 Å². The van der Waals surface area contributed by atoms with E-state index in [1.165, 1.54) is 6.33 Å². The Morgan fingerprint density at radius 3 is 3.13 bits per heavy atom. The van der Waals surface area contributed by atoms with Crippen molar-refractivity contribution in [2.24, 2.45) is 5.73 Å². The van der Waals surface area contributed by atoms with Crippen molar-refractivity contribution < 1.29 is 0 Å². The van der Waals surface area contributed by atoms with Crippen molar-refractivity contribution in [1.82, 2.24) is 30.2 Å². The van der Waals surface area contributed by atoms with Crippen LogP contribution >= 0.6 is 0 Å². The fraction of sp³-hybridized carbons (Fsp3) is 0.500. The van der Waals surface area contributed by atoms with Crippen molar-refractivity contribution >= 4 is 0 Å². The fourth-order valence-electron chi connectivity index (χ4n) is 1.40. The Morgan fingerprint density at radius 1 is 1.60 bits per heavy atom. The molecular formula is C8H13N7. The molecule has 2 heterocycles. The molecule has 2 aromatic rings. The van der Waals surface area contributed by atoms with Gasteiger partial charge < -0.3 is 5.73 Å². The maximum absolute atomic E-state index is 6.00. The average Bonchev–Trinajstić information content (AvgIpc) is 2.87. The second-order valence-corrected chi connectivity index (χ2v) is 3.23. The quantitative estimate of drug-likeness (QED) is 0.726. The van der Waals surface area contributed by atoms with E-state index >= 15 is 0 Å². The first-order chi connectivity index (χ1) is 7.33. The van der Waals surface area contributed by atoms with E-state index < -0.39 is 0 Å². The molecule has 0 bridgehead atoms. The molecule has 0 aromatic carbocycles. The second kappa shape index (κ2) is 4.18. The van der Waals surface area contributed by atoms with Crippen LogP contribution in [0.15, 0.2) is 12.5 Å². The van der Waals surface area contributed by atoms with Crippen molar-refractivity contribution in [2.45, 2.75) is 25.9 Å². The second-order valence-electron chi connectivity index (χ2n) is 3.23. The first-order valence-corrected chi connectivity index (χ1v) is 4.82. The molecule has 0 aliphatic carbocycles. The average molecular weight is 207 g/mol. The highest BCUT2D eigenvalue weighted by molar-refractivity contribution is 5.11. The Labute approximate surface area is 86.7 Å². The molecule has 2 rings (SSSR count). The van der Waals surface area contributed by atoms with Crippen LogP contribution in [0.1, 0.15) is 30.9 Å². The fourth-order valence-corrected chi connectivity index (χ4v) is 1.40. The van der Waals surface area contributed by atoms with Gasteiger partial charge in [-0.2, -0.15) is 5.10 Å². The number of aromatic nitrogens is 6. The molecule has 2 aromatic heterocycles. The monoisotopic (exact) mass is 207 g/mol. The zero-order valence-electron chi connectivity index (χ0n) is 8.46. The van der Waals surface area contributed by atoms with E-state index in [4.69, 9.17) is 5.73 Å². The summed E-state index contributed by atoms with van der Waals surface area (Å²) in [5, 5.41) is 14.3. The van der Waals surface area contributed by atoms with Crippen LogP contribution in [-0.4, -0.2) is 30.2 Å². The van der Waals surface area contributed by atoms with Crippen LogP contribution in [0.2, 0.25) is 0 Å². The Morgan fingerprint density at radius 2 is 2.47 bits per heavy atom. The summed E-state index contributed by atoms with van der Waals surface area (Å²) in [5.74, 6) is 0.620. The molecule has 3 N–H and O–H groups in total. The summed E-state index contributed by atoms with van der Waals surface area (Å²) in [6.45, 7) is 2.88. The number of nitrogens with one attached hydrogen (secondary N) is 1. The number of aryl methyl sites for hydroxylation is 1. The van der Waals surface area contributed by atoms with Gasteiger partial charge in [-0.1, -0.05) is 12.1 Å². The Balaban J connectivity index is 2.25. The molecule has 1 unspecified atom stereocenters. The third kappa shape index (κ3) is 1.86. The summed E-state index contributed by atoms with van der Waals surface area (Å²) >= 11 is 0. The van der Waals surface area contributed by atoms with Gasteiger partial charge >= 0.3 is 0 Å². The summed E-state index contributed by atoms with van der Waals surface area (Å²) in [6, 6.07) is -0.353. The van der Waals surface area contributed by atoms with E-state index in [2.05, 4.69) is 32.4 Å². The van der Waals surface area contributed by atoms with Crippen molar-refractivity contribution in [3.8, 4) is 0 Å². The van der Waals surface area contributed by atoms with E-state index in [1.54, 1.807) is 10.9 Å². The summed E-state index contributed by atoms with van der Waals surface area (Å²) in [6.07, 6.45) is 4.07. The number of nitrogens with zero attached hydrogens (tertiary/aromatic N) is 5. The highest BCUT2D eigenvalue weighted by Gasteiger charge is 2.16. The molecule has 15 heavy (non-hydrogen) atoms. The molecular weight excluding hydrogens is 194 g/mol. The lowest BCUT2D eigenvalue weighted by Gasteiger charge is -2.09. The predicted octanol–water partition coefficient (Wildman–Crippen LogP) is -0.146. The largest absolute Gasteiger partial charge is 0.316 e. The highest BCUT2D eigenvalue weighted by Crippen LogP contribution is 2.13. The van der Waals surface area contributed by atoms with Crippen LogP contribution in [0.5, 0.6) is 0 Å². The molecule has 80 valence electrons. The summed E-state index contributed by atoms with van der Waals surface area (Å²) in [5.41, 5.74) is 6.84. The minimum Gasteiger partial charge on any atom is -0.316 e. The molecule has 7 heteroatoms. The molecule has 0 saturated carbocycles.